The van der Waals surface area contributed by atoms with Crippen molar-refractivity contribution in [2.75, 3.05) is 5.75 Å². The third-order valence-electron chi connectivity index (χ3n) is 3.06. The zero-order valence-electron chi connectivity index (χ0n) is 9.27. The van der Waals surface area contributed by atoms with Gasteiger partial charge in [-0.3, -0.25) is 5.32 Å². The summed E-state index contributed by atoms with van der Waals surface area (Å²) in [6.45, 7) is 2.28. The molecule has 2 atom stereocenters. The molecule has 0 saturated carbocycles. The minimum Gasteiger partial charge on any atom is -0.299 e. The first-order valence-corrected chi connectivity index (χ1v) is 7.61. The molecule has 0 radical (unpaired) electrons. The van der Waals surface area contributed by atoms with Gasteiger partial charge in [-0.25, -0.2) is 0 Å². The second-order valence-electron chi connectivity index (χ2n) is 4.29. The van der Waals surface area contributed by atoms with Crippen LogP contribution in [0.1, 0.15) is 24.3 Å². The number of nitrogens with one attached hydrogen (secondary N) is 1. The standard InChI is InChI=1S/C13H15NS2/c1-9-6-7-15-13(14-9)11-8-16-12-5-3-2-4-10(11)12/h2-5,8-9,13-14H,6-7H2,1H3. The molecule has 1 aromatic heterocycles. The van der Waals surface area contributed by atoms with E-state index in [0.717, 1.165) is 0 Å². The van der Waals surface area contributed by atoms with Crippen molar-refractivity contribution in [1.82, 2.24) is 5.32 Å². The lowest BCUT2D eigenvalue weighted by Crippen LogP contribution is -2.33. The summed E-state index contributed by atoms with van der Waals surface area (Å²) in [5.41, 5.74) is 1.47. The van der Waals surface area contributed by atoms with Crippen LogP contribution in [-0.2, 0) is 0 Å². The molecule has 1 aromatic carbocycles. The van der Waals surface area contributed by atoms with Gasteiger partial charge in [0, 0.05) is 10.7 Å². The van der Waals surface area contributed by atoms with Crippen molar-refractivity contribution in [3.8, 4) is 0 Å². The Labute approximate surface area is 104 Å². The first-order chi connectivity index (χ1) is 7.84. The fourth-order valence-corrected chi connectivity index (χ4v) is 4.64. The third-order valence-corrected chi connectivity index (χ3v) is 5.24. The molecule has 0 bridgehead atoms. The highest BCUT2D eigenvalue weighted by Crippen LogP contribution is 2.38. The number of fused-ring (bicyclic) bond motifs is 1. The molecule has 3 heteroatoms. The van der Waals surface area contributed by atoms with Crippen molar-refractivity contribution in [1.29, 1.82) is 0 Å². The van der Waals surface area contributed by atoms with Gasteiger partial charge >= 0.3 is 0 Å². The van der Waals surface area contributed by atoms with Gasteiger partial charge in [-0.2, -0.15) is 0 Å². The fourth-order valence-electron chi connectivity index (χ4n) is 2.13. The second-order valence-corrected chi connectivity index (χ2v) is 6.42. The summed E-state index contributed by atoms with van der Waals surface area (Å²) in [5.74, 6) is 1.27. The third kappa shape index (κ3) is 1.88. The van der Waals surface area contributed by atoms with Gasteiger partial charge in [-0.05, 0) is 41.5 Å². The summed E-state index contributed by atoms with van der Waals surface area (Å²) in [6, 6.07) is 9.34. The summed E-state index contributed by atoms with van der Waals surface area (Å²) in [4.78, 5) is 0. The molecule has 0 aliphatic carbocycles. The first-order valence-electron chi connectivity index (χ1n) is 5.68. The normalized spacial score (nSPS) is 26.1. The zero-order valence-corrected chi connectivity index (χ0v) is 10.9. The highest BCUT2D eigenvalue weighted by Gasteiger charge is 2.21. The lowest BCUT2D eigenvalue weighted by molar-refractivity contribution is 0.514. The number of thioether (sulfide) groups is 1. The highest BCUT2D eigenvalue weighted by molar-refractivity contribution is 7.99. The number of rotatable bonds is 1. The Morgan fingerprint density at radius 1 is 1.31 bits per heavy atom. The lowest BCUT2D eigenvalue weighted by Gasteiger charge is -2.28. The number of hydrogen-bond acceptors (Lipinski definition) is 3. The average Bonchev–Trinajstić information content (AvgIpc) is 2.72. The van der Waals surface area contributed by atoms with Crippen LogP contribution in [0, 0.1) is 0 Å². The molecular weight excluding hydrogens is 234 g/mol. The molecule has 0 amide bonds. The summed E-state index contributed by atoms with van der Waals surface area (Å²) in [7, 11) is 0. The molecule has 2 aromatic rings. The van der Waals surface area contributed by atoms with E-state index in [2.05, 4.69) is 41.9 Å². The van der Waals surface area contributed by atoms with Gasteiger partial charge in [-0.1, -0.05) is 18.2 Å². The van der Waals surface area contributed by atoms with E-state index >= 15 is 0 Å². The van der Waals surface area contributed by atoms with E-state index in [0.29, 0.717) is 11.4 Å². The van der Waals surface area contributed by atoms with E-state index in [9.17, 15) is 0 Å². The molecule has 1 N–H and O–H groups in total. The Morgan fingerprint density at radius 2 is 2.19 bits per heavy atom. The van der Waals surface area contributed by atoms with Crippen molar-refractivity contribution < 1.29 is 0 Å². The maximum Gasteiger partial charge on any atom is 0.0805 e. The molecule has 1 saturated heterocycles. The predicted molar refractivity (Wildman–Crippen MR) is 74.2 cm³/mol. The Bertz CT molecular complexity index is 491. The first kappa shape index (κ1) is 10.6. The van der Waals surface area contributed by atoms with Crippen LogP contribution >= 0.6 is 23.1 Å². The van der Waals surface area contributed by atoms with Gasteiger partial charge in [0.25, 0.3) is 0 Å². The molecule has 84 valence electrons. The Morgan fingerprint density at radius 3 is 3.06 bits per heavy atom. The largest absolute Gasteiger partial charge is 0.299 e. The van der Waals surface area contributed by atoms with Gasteiger partial charge in [-0.15, -0.1) is 23.1 Å². The quantitative estimate of drug-likeness (QED) is 0.819. The molecule has 0 spiro atoms. The topological polar surface area (TPSA) is 12.0 Å². The smallest absolute Gasteiger partial charge is 0.0805 e. The fraction of sp³-hybridized carbons (Fsp3) is 0.385. The van der Waals surface area contributed by atoms with Crippen molar-refractivity contribution in [3.63, 3.8) is 0 Å². The SMILES string of the molecule is CC1CCSC(c2csc3ccccc23)N1. The number of benzene rings is 1. The summed E-state index contributed by atoms with van der Waals surface area (Å²) < 4.78 is 1.40. The highest BCUT2D eigenvalue weighted by atomic mass is 32.2. The van der Waals surface area contributed by atoms with Crippen LogP contribution in [0.15, 0.2) is 29.6 Å². The lowest BCUT2D eigenvalue weighted by atomic mass is 10.1. The van der Waals surface area contributed by atoms with Gasteiger partial charge in [0.1, 0.15) is 0 Å². The van der Waals surface area contributed by atoms with Crippen LogP contribution < -0.4 is 5.32 Å². The van der Waals surface area contributed by atoms with Gasteiger partial charge in [0.2, 0.25) is 0 Å². The molecular formula is C13H15NS2. The summed E-state index contributed by atoms with van der Waals surface area (Å²) >= 11 is 3.89. The van der Waals surface area contributed by atoms with Gasteiger partial charge in [0.15, 0.2) is 0 Å². The number of thiophene rings is 1. The van der Waals surface area contributed by atoms with Crippen LogP contribution in [0.5, 0.6) is 0 Å². The monoisotopic (exact) mass is 249 g/mol. The van der Waals surface area contributed by atoms with Crippen LogP contribution in [0.4, 0.5) is 0 Å². The molecule has 1 fully saturated rings. The van der Waals surface area contributed by atoms with E-state index in [4.69, 9.17) is 0 Å². The predicted octanol–water partition coefficient (Wildman–Crippen LogP) is 4.01. The Balaban J connectivity index is 1.99. The van der Waals surface area contributed by atoms with Gasteiger partial charge < -0.3 is 0 Å². The van der Waals surface area contributed by atoms with Crippen LogP contribution in [0.3, 0.4) is 0 Å². The van der Waals surface area contributed by atoms with E-state index in [1.54, 1.807) is 0 Å². The van der Waals surface area contributed by atoms with Crippen molar-refractivity contribution in [3.05, 3.63) is 35.2 Å². The minimum atomic E-state index is 0.486. The minimum absolute atomic E-state index is 0.486. The van der Waals surface area contributed by atoms with Crippen molar-refractivity contribution in [2.45, 2.75) is 24.8 Å². The molecule has 2 heterocycles. The zero-order chi connectivity index (χ0) is 11.0. The van der Waals surface area contributed by atoms with E-state index in [1.807, 2.05) is 23.1 Å². The summed E-state index contributed by atoms with van der Waals surface area (Å²) in [6.07, 6.45) is 1.28. The van der Waals surface area contributed by atoms with Gasteiger partial charge in [0.05, 0.1) is 5.37 Å². The van der Waals surface area contributed by atoms with E-state index in [1.165, 1.54) is 27.8 Å². The average molecular weight is 249 g/mol. The number of hydrogen-bond donors (Lipinski definition) is 1. The maximum absolute atomic E-state index is 3.68. The van der Waals surface area contributed by atoms with E-state index in [-0.39, 0.29) is 0 Å². The molecule has 1 aliphatic rings. The van der Waals surface area contributed by atoms with E-state index < -0.39 is 0 Å². The Hall–Kier alpha value is -0.510. The van der Waals surface area contributed by atoms with Crippen molar-refractivity contribution in [2.24, 2.45) is 0 Å². The summed E-state index contributed by atoms with van der Waals surface area (Å²) in [5, 5.41) is 7.90. The molecule has 1 aliphatic heterocycles. The second kappa shape index (κ2) is 4.40. The van der Waals surface area contributed by atoms with Crippen LogP contribution in [0.25, 0.3) is 10.1 Å². The van der Waals surface area contributed by atoms with Crippen LogP contribution in [0.2, 0.25) is 0 Å². The molecule has 3 rings (SSSR count). The maximum atomic E-state index is 3.68. The van der Waals surface area contributed by atoms with Crippen molar-refractivity contribution >= 4 is 33.2 Å². The molecule has 16 heavy (non-hydrogen) atoms. The Kier molecular flexibility index (Phi) is 2.92. The van der Waals surface area contributed by atoms with Crippen LogP contribution in [-0.4, -0.2) is 11.8 Å². The molecule has 1 nitrogen and oxygen atoms in total. The molecule has 2 unspecified atom stereocenters.